The summed E-state index contributed by atoms with van der Waals surface area (Å²) in [5.74, 6) is 0. The third kappa shape index (κ3) is 2.39. The van der Waals surface area contributed by atoms with E-state index in [0.717, 1.165) is 42.7 Å². The average molecular weight is 440 g/mol. The second kappa shape index (κ2) is 6.06. The van der Waals surface area contributed by atoms with Crippen molar-refractivity contribution in [2.24, 2.45) is 0 Å². The van der Waals surface area contributed by atoms with E-state index in [1.54, 1.807) is 0 Å². The molecule has 3 nitrogen and oxygen atoms in total. The quantitative estimate of drug-likeness (QED) is 0.208. The van der Waals surface area contributed by atoms with Gasteiger partial charge in [0.25, 0.3) is 0 Å². The Morgan fingerprint density at radius 1 is 0.655 bits per heavy atom. The average Bonchev–Trinajstić information content (AvgIpc) is 3.06. The lowest BCUT2D eigenvalue weighted by Gasteiger charge is -2.08. The number of hydrogen-bond donors (Lipinski definition) is 0. The highest BCUT2D eigenvalue weighted by molar-refractivity contribution is 9.10. The monoisotopic (exact) mass is 439 g/mol. The molecule has 6 aromatic rings. The van der Waals surface area contributed by atoms with E-state index >= 15 is 0 Å². The van der Waals surface area contributed by atoms with Gasteiger partial charge in [-0.05, 0) is 48.5 Å². The third-order valence-corrected chi connectivity index (χ3v) is 5.97. The summed E-state index contributed by atoms with van der Waals surface area (Å²) in [6.07, 6.45) is 0. The summed E-state index contributed by atoms with van der Waals surface area (Å²) in [7, 11) is 0. The number of fused-ring (bicyclic) bond motifs is 6. The zero-order valence-electron chi connectivity index (χ0n) is 15.2. The molecule has 0 saturated carbocycles. The van der Waals surface area contributed by atoms with Crippen molar-refractivity contribution in [3.63, 3.8) is 0 Å². The lowest BCUT2D eigenvalue weighted by molar-refractivity contribution is 0.570. The first-order valence-corrected chi connectivity index (χ1v) is 10.1. The van der Waals surface area contributed by atoms with E-state index in [1.807, 2.05) is 54.6 Å². The minimum absolute atomic E-state index is 0.313. The number of nitrogens with zero attached hydrogens (tertiary/aromatic N) is 1. The van der Waals surface area contributed by atoms with Crippen LogP contribution in [0.25, 0.3) is 49.2 Å². The third-order valence-electron chi connectivity index (χ3n) is 5.48. The minimum Gasteiger partial charge on any atom is -0.422 e. The second-order valence-electron chi connectivity index (χ2n) is 7.13. The molecule has 0 radical (unpaired) electrons. The molecular weight excluding hydrogens is 426 g/mol. The number of rotatable bonds is 1. The van der Waals surface area contributed by atoms with Gasteiger partial charge in [0, 0.05) is 31.7 Å². The Labute approximate surface area is 173 Å². The number of benzene rings is 4. The molecule has 0 atom stereocenters. The summed E-state index contributed by atoms with van der Waals surface area (Å²) in [4.78, 5) is 12.8. The molecule has 0 aliphatic heterocycles. The second-order valence-corrected chi connectivity index (χ2v) is 8.05. The maximum atomic E-state index is 12.8. The molecule has 0 unspecified atom stereocenters. The van der Waals surface area contributed by atoms with Gasteiger partial charge >= 0.3 is 5.63 Å². The maximum Gasteiger partial charge on any atom is 0.344 e. The zero-order valence-corrected chi connectivity index (χ0v) is 16.8. The van der Waals surface area contributed by atoms with Gasteiger partial charge in [0.15, 0.2) is 0 Å². The number of aromatic nitrogens is 1. The Bertz CT molecular complexity index is 1630. The molecule has 0 N–H and O–H groups in total. The van der Waals surface area contributed by atoms with Gasteiger partial charge in [-0.1, -0.05) is 52.3 Å². The van der Waals surface area contributed by atoms with E-state index in [2.05, 4.69) is 50.8 Å². The smallest absolute Gasteiger partial charge is 0.344 e. The van der Waals surface area contributed by atoms with Crippen LogP contribution in [0.4, 0.5) is 0 Å². The largest absolute Gasteiger partial charge is 0.422 e. The summed E-state index contributed by atoms with van der Waals surface area (Å²) in [6, 6.07) is 28.3. The number of para-hydroxylation sites is 2. The van der Waals surface area contributed by atoms with E-state index in [4.69, 9.17) is 4.42 Å². The van der Waals surface area contributed by atoms with Crippen molar-refractivity contribution in [1.29, 1.82) is 0 Å². The highest BCUT2D eigenvalue weighted by Gasteiger charge is 2.16. The van der Waals surface area contributed by atoms with Crippen LogP contribution >= 0.6 is 15.9 Å². The summed E-state index contributed by atoms with van der Waals surface area (Å²) in [6.45, 7) is 0. The van der Waals surface area contributed by atoms with Gasteiger partial charge in [0.05, 0.1) is 16.4 Å². The van der Waals surface area contributed by atoms with E-state index in [1.165, 1.54) is 0 Å². The molecule has 0 aliphatic rings. The van der Waals surface area contributed by atoms with Crippen LogP contribution in [0.1, 0.15) is 0 Å². The summed E-state index contributed by atoms with van der Waals surface area (Å²) in [5, 5.41) is 4.69. The topological polar surface area (TPSA) is 35.1 Å². The molecule has 6 rings (SSSR count). The molecule has 0 saturated heterocycles. The molecule has 4 aromatic carbocycles. The first-order chi connectivity index (χ1) is 14.2. The van der Waals surface area contributed by atoms with Gasteiger partial charge in [-0.25, -0.2) is 4.79 Å². The molecular formula is C25H14BrNO2. The van der Waals surface area contributed by atoms with Gasteiger partial charge in [-0.2, -0.15) is 0 Å². The first kappa shape index (κ1) is 16.6. The molecule has 29 heavy (non-hydrogen) atoms. The van der Waals surface area contributed by atoms with Gasteiger partial charge in [0.1, 0.15) is 5.58 Å². The van der Waals surface area contributed by atoms with Crippen LogP contribution in [0, 0.1) is 0 Å². The Balaban J connectivity index is 1.89. The standard InChI is InChI=1S/C25H14BrNO2/c26-15-10-11-22-19(12-15)20-13-18-17-8-4-5-9-24(17)29-25(28)21(18)14-23(20)27(22)16-6-2-1-3-7-16/h1-14H. The van der Waals surface area contributed by atoms with Crippen molar-refractivity contribution >= 4 is 59.5 Å². The van der Waals surface area contributed by atoms with Crippen LogP contribution in [-0.4, -0.2) is 4.57 Å². The maximum absolute atomic E-state index is 12.8. The normalized spacial score (nSPS) is 11.8. The fourth-order valence-corrected chi connectivity index (χ4v) is 4.58. The molecule has 4 heteroatoms. The summed E-state index contributed by atoms with van der Waals surface area (Å²) in [5.41, 5.74) is 3.43. The van der Waals surface area contributed by atoms with Crippen molar-refractivity contribution in [3.8, 4) is 5.69 Å². The fraction of sp³-hybridized carbons (Fsp3) is 0. The molecule has 2 heterocycles. The summed E-state index contributed by atoms with van der Waals surface area (Å²) < 4.78 is 8.81. The predicted molar refractivity (Wildman–Crippen MR) is 122 cm³/mol. The van der Waals surface area contributed by atoms with E-state index in [-0.39, 0.29) is 5.63 Å². The molecule has 0 fully saturated rings. The Morgan fingerprint density at radius 3 is 2.28 bits per heavy atom. The number of hydrogen-bond acceptors (Lipinski definition) is 2. The Morgan fingerprint density at radius 2 is 1.41 bits per heavy atom. The summed E-state index contributed by atoms with van der Waals surface area (Å²) >= 11 is 3.61. The highest BCUT2D eigenvalue weighted by atomic mass is 79.9. The molecule has 0 amide bonds. The zero-order chi connectivity index (χ0) is 19.5. The van der Waals surface area contributed by atoms with Crippen LogP contribution in [0.15, 0.2) is 98.6 Å². The molecule has 2 aromatic heterocycles. The van der Waals surface area contributed by atoms with E-state index in [0.29, 0.717) is 11.0 Å². The lowest BCUT2D eigenvalue weighted by Crippen LogP contribution is -2.00. The van der Waals surface area contributed by atoms with Crippen molar-refractivity contribution in [1.82, 2.24) is 4.57 Å². The van der Waals surface area contributed by atoms with Crippen LogP contribution in [0.3, 0.4) is 0 Å². The van der Waals surface area contributed by atoms with Gasteiger partial charge in [0.2, 0.25) is 0 Å². The molecule has 0 spiro atoms. The van der Waals surface area contributed by atoms with Crippen molar-refractivity contribution in [2.45, 2.75) is 0 Å². The molecule has 0 bridgehead atoms. The van der Waals surface area contributed by atoms with Crippen LogP contribution < -0.4 is 5.63 Å². The molecule has 0 aliphatic carbocycles. The van der Waals surface area contributed by atoms with E-state index in [9.17, 15) is 4.79 Å². The van der Waals surface area contributed by atoms with Crippen LogP contribution in [-0.2, 0) is 0 Å². The van der Waals surface area contributed by atoms with Crippen molar-refractivity contribution in [2.75, 3.05) is 0 Å². The van der Waals surface area contributed by atoms with Crippen molar-refractivity contribution < 1.29 is 4.42 Å². The van der Waals surface area contributed by atoms with Crippen LogP contribution in [0.5, 0.6) is 0 Å². The minimum atomic E-state index is -0.313. The molecule has 138 valence electrons. The van der Waals surface area contributed by atoms with Gasteiger partial charge < -0.3 is 8.98 Å². The lowest BCUT2D eigenvalue weighted by atomic mass is 10.0. The fourth-order valence-electron chi connectivity index (χ4n) is 4.22. The predicted octanol–water partition coefficient (Wildman–Crippen LogP) is 6.81. The number of halogens is 1. The van der Waals surface area contributed by atoms with E-state index < -0.39 is 0 Å². The van der Waals surface area contributed by atoms with Gasteiger partial charge in [-0.15, -0.1) is 0 Å². The van der Waals surface area contributed by atoms with Crippen molar-refractivity contribution in [3.05, 3.63) is 99.8 Å². The Kier molecular flexibility index (Phi) is 3.46. The SMILES string of the molecule is O=c1oc2ccccc2c2cc3c4cc(Br)ccc4n(-c4ccccc4)c3cc12. The van der Waals surface area contributed by atoms with Gasteiger partial charge in [-0.3, -0.25) is 0 Å². The first-order valence-electron chi connectivity index (χ1n) is 9.35. The Hall–Kier alpha value is -3.37. The van der Waals surface area contributed by atoms with Crippen LogP contribution in [0.2, 0.25) is 0 Å². The highest BCUT2D eigenvalue weighted by Crippen LogP contribution is 2.37.